The Morgan fingerprint density at radius 1 is 0.769 bits per heavy atom. The highest BCUT2D eigenvalue weighted by Crippen LogP contribution is 2.31. The molecule has 134 valence electrons. The summed E-state index contributed by atoms with van der Waals surface area (Å²) >= 11 is 5.67. The van der Waals surface area contributed by atoms with E-state index in [9.17, 15) is 13.2 Å². The zero-order valence-electron chi connectivity index (χ0n) is 13.8. The quantitative estimate of drug-likeness (QED) is 0.465. The van der Waals surface area contributed by atoms with Crippen LogP contribution in [0.25, 0.3) is 0 Å². The van der Waals surface area contributed by atoms with E-state index in [2.05, 4.69) is 0 Å². The van der Waals surface area contributed by atoms with Gasteiger partial charge in [0.05, 0.1) is 5.02 Å². The Bertz CT molecular complexity index is 845. The van der Waals surface area contributed by atoms with Gasteiger partial charge in [-0.25, -0.2) is 13.2 Å². The summed E-state index contributed by atoms with van der Waals surface area (Å²) in [6.45, 7) is 0. The average molecular weight is 376 g/mol. The van der Waals surface area contributed by atoms with Crippen molar-refractivity contribution in [2.45, 2.75) is 18.4 Å². The van der Waals surface area contributed by atoms with Gasteiger partial charge in [0.1, 0.15) is 0 Å². The summed E-state index contributed by atoms with van der Waals surface area (Å²) in [6, 6.07) is 19.7. The van der Waals surface area contributed by atoms with E-state index >= 15 is 0 Å². The molecule has 0 aliphatic heterocycles. The molecule has 0 fully saturated rings. The van der Waals surface area contributed by atoms with Gasteiger partial charge in [-0.05, 0) is 29.2 Å². The summed E-state index contributed by atoms with van der Waals surface area (Å²) in [4.78, 5) is 0. The second kappa shape index (κ2) is 7.94. The molecule has 3 aromatic rings. The first kappa shape index (κ1) is 18.5. The first-order valence-corrected chi connectivity index (χ1v) is 8.54. The van der Waals surface area contributed by atoms with Gasteiger partial charge in [-0.15, -0.1) is 0 Å². The van der Waals surface area contributed by atoms with Crippen molar-refractivity contribution in [3.05, 3.63) is 106 Å². The molecule has 0 spiro atoms. The Labute approximate surface area is 155 Å². The minimum absolute atomic E-state index is 0.0111. The summed E-state index contributed by atoms with van der Waals surface area (Å²) in [5.41, 5.74) is 8.27. The van der Waals surface area contributed by atoms with E-state index in [-0.39, 0.29) is 17.9 Å². The lowest BCUT2D eigenvalue weighted by Gasteiger charge is -2.25. The molecule has 26 heavy (non-hydrogen) atoms. The molecular weight excluding hydrogens is 359 g/mol. The normalized spacial score (nSPS) is 12.4. The topological polar surface area (TPSA) is 26.0 Å². The maximum Gasteiger partial charge on any atom is 0.196 e. The van der Waals surface area contributed by atoms with Crippen molar-refractivity contribution < 1.29 is 13.2 Å². The minimum Gasteiger partial charge on any atom is -0.327 e. The molecule has 3 aromatic carbocycles. The highest BCUT2D eigenvalue weighted by molar-refractivity contribution is 6.30. The predicted octanol–water partition coefficient (Wildman–Crippen LogP) is 5.46. The number of nitrogens with two attached hydrogens (primary N) is 1. The first-order valence-electron chi connectivity index (χ1n) is 8.16. The van der Waals surface area contributed by atoms with Crippen LogP contribution in [0.2, 0.25) is 5.02 Å². The maximum absolute atomic E-state index is 14.1. The van der Waals surface area contributed by atoms with Crippen LogP contribution >= 0.6 is 11.6 Å². The van der Waals surface area contributed by atoms with Crippen molar-refractivity contribution in [1.29, 1.82) is 0 Å². The Balaban J connectivity index is 1.98. The fourth-order valence-corrected chi connectivity index (χ4v) is 3.36. The first-order chi connectivity index (χ1) is 12.5. The van der Waals surface area contributed by atoms with Crippen LogP contribution in [0, 0.1) is 17.5 Å². The molecule has 0 aliphatic rings. The molecule has 0 saturated heterocycles. The number of rotatable bonds is 5. The van der Waals surface area contributed by atoms with E-state index in [0.29, 0.717) is 0 Å². The molecule has 3 rings (SSSR count). The minimum atomic E-state index is -1.57. The third-order valence-corrected chi connectivity index (χ3v) is 4.65. The van der Waals surface area contributed by atoms with Crippen LogP contribution in [-0.4, -0.2) is 6.04 Å². The van der Waals surface area contributed by atoms with Gasteiger partial charge in [0, 0.05) is 12.0 Å². The molecule has 1 nitrogen and oxygen atoms in total. The van der Waals surface area contributed by atoms with Gasteiger partial charge in [-0.1, -0.05) is 72.3 Å². The molecule has 0 bridgehead atoms. The summed E-state index contributed by atoms with van der Waals surface area (Å²) < 4.78 is 41.2. The van der Waals surface area contributed by atoms with E-state index in [1.165, 1.54) is 0 Å². The number of benzene rings is 3. The zero-order valence-corrected chi connectivity index (χ0v) is 14.6. The Hall–Kier alpha value is -2.30. The largest absolute Gasteiger partial charge is 0.327 e. The molecule has 0 saturated carbocycles. The number of hydrogen-bond donors (Lipinski definition) is 1. The van der Waals surface area contributed by atoms with Crippen molar-refractivity contribution in [2.75, 3.05) is 0 Å². The van der Waals surface area contributed by atoms with Crippen LogP contribution in [0.15, 0.2) is 66.7 Å². The standard InChI is InChI=1S/C21H17ClF3N/c22-16-11-15(19(23)21(25)20(16)24)12-17(26)18(13-7-3-1-4-8-13)14-9-5-2-6-10-14/h1-11,17-18H,12,26H2. The smallest absolute Gasteiger partial charge is 0.196 e. The Morgan fingerprint density at radius 2 is 1.27 bits per heavy atom. The van der Waals surface area contributed by atoms with E-state index in [1.54, 1.807) is 0 Å². The highest BCUT2D eigenvalue weighted by atomic mass is 35.5. The van der Waals surface area contributed by atoms with Crippen molar-refractivity contribution in [3.63, 3.8) is 0 Å². The van der Waals surface area contributed by atoms with Crippen molar-refractivity contribution >= 4 is 11.6 Å². The van der Waals surface area contributed by atoms with Crippen molar-refractivity contribution in [3.8, 4) is 0 Å². The lowest BCUT2D eigenvalue weighted by Crippen LogP contribution is -2.32. The van der Waals surface area contributed by atoms with Gasteiger partial charge in [0.2, 0.25) is 0 Å². The molecule has 2 N–H and O–H groups in total. The molecular formula is C21H17ClF3N. The third kappa shape index (κ3) is 3.76. The molecule has 0 amide bonds. The van der Waals surface area contributed by atoms with Crippen LogP contribution in [0.5, 0.6) is 0 Å². The monoisotopic (exact) mass is 375 g/mol. The van der Waals surface area contributed by atoms with Crippen LogP contribution in [0.4, 0.5) is 13.2 Å². The van der Waals surface area contributed by atoms with Gasteiger partial charge >= 0.3 is 0 Å². The van der Waals surface area contributed by atoms with Gasteiger partial charge < -0.3 is 5.73 Å². The third-order valence-electron chi connectivity index (χ3n) is 4.38. The zero-order chi connectivity index (χ0) is 18.7. The lowest BCUT2D eigenvalue weighted by molar-refractivity contribution is 0.437. The second-order valence-electron chi connectivity index (χ2n) is 6.13. The van der Waals surface area contributed by atoms with Gasteiger partial charge in [0.15, 0.2) is 17.5 Å². The van der Waals surface area contributed by atoms with Crippen molar-refractivity contribution in [1.82, 2.24) is 0 Å². The average Bonchev–Trinajstić information content (AvgIpc) is 2.66. The Morgan fingerprint density at radius 3 is 1.77 bits per heavy atom. The van der Waals surface area contributed by atoms with E-state index in [4.69, 9.17) is 17.3 Å². The highest BCUT2D eigenvalue weighted by Gasteiger charge is 2.25. The number of halogens is 4. The second-order valence-corrected chi connectivity index (χ2v) is 6.53. The summed E-state index contributed by atoms with van der Waals surface area (Å²) in [7, 11) is 0. The van der Waals surface area contributed by atoms with Crippen LogP contribution in [0.3, 0.4) is 0 Å². The fraction of sp³-hybridized carbons (Fsp3) is 0.143. The number of hydrogen-bond acceptors (Lipinski definition) is 1. The summed E-state index contributed by atoms with van der Waals surface area (Å²) in [6.07, 6.45) is 0.0111. The maximum atomic E-state index is 14.1. The molecule has 1 unspecified atom stereocenters. The Kier molecular flexibility index (Phi) is 5.64. The summed E-state index contributed by atoms with van der Waals surface area (Å²) in [5.74, 6) is -4.44. The van der Waals surface area contributed by atoms with E-state index in [1.807, 2.05) is 60.7 Å². The van der Waals surface area contributed by atoms with Gasteiger partial charge in [-0.3, -0.25) is 0 Å². The SMILES string of the molecule is NC(Cc1cc(Cl)c(F)c(F)c1F)C(c1ccccc1)c1ccccc1. The lowest BCUT2D eigenvalue weighted by atomic mass is 9.83. The van der Waals surface area contributed by atoms with Crippen LogP contribution in [0.1, 0.15) is 22.6 Å². The molecule has 1 atom stereocenters. The van der Waals surface area contributed by atoms with Gasteiger partial charge in [0.25, 0.3) is 0 Å². The van der Waals surface area contributed by atoms with Crippen LogP contribution < -0.4 is 5.73 Å². The summed E-state index contributed by atoms with van der Waals surface area (Å²) in [5, 5.41) is -0.456. The van der Waals surface area contributed by atoms with E-state index in [0.717, 1.165) is 17.2 Å². The molecule has 0 aliphatic carbocycles. The molecule has 0 heterocycles. The molecule has 5 heteroatoms. The van der Waals surface area contributed by atoms with E-state index < -0.39 is 28.5 Å². The molecule has 0 radical (unpaired) electrons. The molecule has 0 aromatic heterocycles. The predicted molar refractivity (Wildman–Crippen MR) is 97.7 cm³/mol. The van der Waals surface area contributed by atoms with Crippen LogP contribution in [-0.2, 0) is 6.42 Å². The van der Waals surface area contributed by atoms with Crippen molar-refractivity contribution in [2.24, 2.45) is 5.73 Å². The van der Waals surface area contributed by atoms with Gasteiger partial charge in [-0.2, -0.15) is 0 Å². The fourth-order valence-electron chi connectivity index (χ4n) is 3.15.